The van der Waals surface area contributed by atoms with Crippen LogP contribution in [-0.4, -0.2) is 37.8 Å². The smallest absolute Gasteiger partial charge is 0.339 e. The standard InChI is InChI=1S/C28H32ClN5O3/c1-16(2)14-21(15-17(3)4)37-28(36)23-9-7-6-8-22(23)27(35)30-20-12-10-19(11-13-20)25-31-26-24(29)18(5)32-34(26)33-25/h6-13,16-17,21,32H,14-15H2,1-5H3,(H,30,35). The number of hydrogen-bond donors (Lipinski definition) is 2. The Kier molecular flexibility index (Phi) is 7.97. The maximum Gasteiger partial charge on any atom is 0.339 e. The van der Waals surface area contributed by atoms with Gasteiger partial charge in [0, 0.05) is 11.3 Å². The van der Waals surface area contributed by atoms with E-state index in [1.165, 1.54) is 4.63 Å². The molecule has 9 heteroatoms. The summed E-state index contributed by atoms with van der Waals surface area (Å²) in [6.07, 6.45) is 1.35. The first-order valence-corrected chi connectivity index (χ1v) is 12.8. The van der Waals surface area contributed by atoms with Crippen LogP contribution in [0.1, 0.15) is 66.9 Å². The molecule has 0 atom stereocenters. The number of nitrogens with zero attached hydrogens (tertiary/aromatic N) is 3. The number of anilines is 1. The quantitative estimate of drug-likeness (QED) is 0.243. The number of carbonyl (C=O) groups is 2. The number of hydrogen-bond acceptors (Lipinski definition) is 5. The van der Waals surface area contributed by atoms with Crippen LogP contribution in [0, 0.1) is 18.8 Å². The van der Waals surface area contributed by atoms with Crippen LogP contribution >= 0.6 is 11.6 Å². The number of benzene rings is 2. The Bertz CT molecular complexity index is 1400. The molecule has 0 radical (unpaired) electrons. The van der Waals surface area contributed by atoms with Gasteiger partial charge in [-0.25, -0.2) is 9.78 Å². The first-order chi connectivity index (χ1) is 17.6. The van der Waals surface area contributed by atoms with Gasteiger partial charge in [0.25, 0.3) is 5.91 Å². The molecule has 37 heavy (non-hydrogen) atoms. The van der Waals surface area contributed by atoms with Gasteiger partial charge in [0.2, 0.25) is 0 Å². The zero-order valence-electron chi connectivity index (χ0n) is 21.7. The molecule has 2 aromatic carbocycles. The third kappa shape index (κ3) is 6.20. The summed E-state index contributed by atoms with van der Waals surface area (Å²) >= 11 is 6.25. The van der Waals surface area contributed by atoms with Crippen molar-refractivity contribution in [3.8, 4) is 11.4 Å². The molecule has 0 aliphatic heterocycles. The number of rotatable bonds is 9. The number of nitrogens with one attached hydrogen (secondary N) is 2. The summed E-state index contributed by atoms with van der Waals surface area (Å²) in [5.74, 6) is 0.426. The SMILES string of the molecule is Cc1[nH]n2nc(-c3ccc(NC(=O)c4ccccc4C(=O)OC(CC(C)C)CC(C)C)cc3)nc2c1Cl. The van der Waals surface area contributed by atoms with Crippen molar-refractivity contribution < 1.29 is 14.3 Å². The van der Waals surface area contributed by atoms with Gasteiger partial charge in [0.05, 0.1) is 16.8 Å². The van der Waals surface area contributed by atoms with E-state index in [9.17, 15) is 9.59 Å². The number of aromatic nitrogens is 4. The molecule has 0 spiro atoms. The Morgan fingerprint density at radius 1 is 1.00 bits per heavy atom. The molecule has 0 unspecified atom stereocenters. The predicted molar refractivity (Wildman–Crippen MR) is 145 cm³/mol. The molecule has 1 amide bonds. The largest absolute Gasteiger partial charge is 0.459 e. The van der Waals surface area contributed by atoms with Gasteiger partial charge >= 0.3 is 5.97 Å². The molecule has 8 nitrogen and oxygen atoms in total. The molecule has 2 aromatic heterocycles. The first-order valence-electron chi connectivity index (χ1n) is 12.4. The van der Waals surface area contributed by atoms with Crippen LogP contribution in [0.3, 0.4) is 0 Å². The molecular weight excluding hydrogens is 490 g/mol. The zero-order chi connectivity index (χ0) is 26.7. The second-order valence-electron chi connectivity index (χ2n) is 10.1. The Labute approximate surface area is 221 Å². The fourth-order valence-electron chi connectivity index (χ4n) is 4.25. The van der Waals surface area contributed by atoms with E-state index in [0.717, 1.165) is 24.1 Å². The van der Waals surface area contributed by atoms with Crippen LogP contribution in [0.2, 0.25) is 5.02 Å². The lowest BCUT2D eigenvalue weighted by atomic mass is 9.97. The maximum absolute atomic E-state index is 13.1. The molecule has 0 saturated heterocycles. The van der Waals surface area contributed by atoms with E-state index in [-0.39, 0.29) is 23.1 Å². The average Bonchev–Trinajstić information content (AvgIpc) is 3.37. The van der Waals surface area contributed by atoms with Crippen LogP contribution in [0.4, 0.5) is 5.69 Å². The Morgan fingerprint density at radius 3 is 2.22 bits per heavy atom. The van der Waals surface area contributed by atoms with Crippen molar-refractivity contribution in [2.45, 2.75) is 53.6 Å². The number of esters is 1. The number of carbonyl (C=O) groups excluding carboxylic acids is 2. The number of amides is 1. The molecule has 4 rings (SSSR count). The van der Waals surface area contributed by atoms with E-state index in [2.05, 4.69) is 48.2 Å². The van der Waals surface area contributed by atoms with E-state index >= 15 is 0 Å². The molecule has 4 aromatic rings. The fourth-order valence-corrected chi connectivity index (χ4v) is 4.41. The molecule has 0 bridgehead atoms. The first kappa shape index (κ1) is 26.4. The lowest BCUT2D eigenvalue weighted by Gasteiger charge is -2.22. The fraction of sp³-hybridized carbons (Fsp3) is 0.357. The highest BCUT2D eigenvalue weighted by atomic mass is 35.5. The molecule has 0 aliphatic carbocycles. The molecule has 0 saturated carbocycles. The highest BCUT2D eigenvalue weighted by Crippen LogP contribution is 2.25. The van der Waals surface area contributed by atoms with Crippen molar-refractivity contribution >= 4 is 34.8 Å². The molecule has 0 fully saturated rings. The summed E-state index contributed by atoms with van der Waals surface area (Å²) < 4.78 is 7.38. The third-order valence-electron chi connectivity index (χ3n) is 5.94. The summed E-state index contributed by atoms with van der Waals surface area (Å²) in [7, 11) is 0. The van der Waals surface area contributed by atoms with E-state index in [1.54, 1.807) is 36.4 Å². The van der Waals surface area contributed by atoms with Crippen molar-refractivity contribution in [2.75, 3.05) is 5.32 Å². The second kappa shape index (κ2) is 11.2. The van der Waals surface area contributed by atoms with E-state index in [0.29, 0.717) is 34.0 Å². The minimum absolute atomic E-state index is 0.196. The van der Waals surface area contributed by atoms with E-state index < -0.39 is 5.97 Å². The average molecular weight is 522 g/mol. The van der Waals surface area contributed by atoms with Crippen molar-refractivity contribution in [3.63, 3.8) is 0 Å². The highest BCUT2D eigenvalue weighted by Gasteiger charge is 2.23. The number of ether oxygens (including phenoxy) is 1. The van der Waals surface area contributed by atoms with Crippen molar-refractivity contribution in [2.24, 2.45) is 11.8 Å². The Hall–Kier alpha value is -3.65. The van der Waals surface area contributed by atoms with Gasteiger partial charge in [-0.3, -0.25) is 9.89 Å². The summed E-state index contributed by atoms with van der Waals surface area (Å²) in [5, 5.41) is 10.8. The molecular formula is C28H32ClN5O3. The molecule has 2 N–H and O–H groups in total. The lowest BCUT2D eigenvalue weighted by molar-refractivity contribution is 0.0198. The van der Waals surface area contributed by atoms with Gasteiger partial charge in [0.1, 0.15) is 11.1 Å². The summed E-state index contributed by atoms with van der Waals surface area (Å²) in [6.45, 7) is 10.3. The minimum atomic E-state index is -0.483. The van der Waals surface area contributed by atoms with Crippen molar-refractivity contribution in [1.82, 2.24) is 19.8 Å². The number of aryl methyl sites for hydroxylation is 1. The summed E-state index contributed by atoms with van der Waals surface area (Å²) in [6, 6.07) is 13.9. The van der Waals surface area contributed by atoms with Gasteiger partial charge in [0.15, 0.2) is 11.5 Å². The number of fused-ring (bicyclic) bond motifs is 1. The third-order valence-corrected chi connectivity index (χ3v) is 6.39. The Balaban J connectivity index is 1.48. The van der Waals surface area contributed by atoms with Gasteiger partial charge in [-0.2, -0.15) is 4.63 Å². The number of H-pyrrole nitrogens is 1. The Morgan fingerprint density at radius 2 is 1.62 bits per heavy atom. The van der Waals surface area contributed by atoms with Crippen molar-refractivity contribution in [1.29, 1.82) is 0 Å². The van der Waals surface area contributed by atoms with Crippen LogP contribution in [0.15, 0.2) is 48.5 Å². The van der Waals surface area contributed by atoms with E-state index in [1.807, 2.05) is 19.1 Å². The summed E-state index contributed by atoms with van der Waals surface area (Å²) in [5.41, 5.74) is 3.21. The minimum Gasteiger partial charge on any atom is -0.459 e. The lowest BCUT2D eigenvalue weighted by Crippen LogP contribution is -2.24. The van der Waals surface area contributed by atoms with Gasteiger partial charge < -0.3 is 10.1 Å². The molecule has 2 heterocycles. The molecule has 194 valence electrons. The van der Waals surface area contributed by atoms with Crippen molar-refractivity contribution in [3.05, 3.63) is 70.4 Å². The van der Waals surface area contributed by atoms with Gasteiger partial charge in [-0.15, -0.1) is 5.10 Å². The monoisotopic (exact) mass is 521 g/mol. The highest BCUT2D eigenvalue weighted by molar-refractivity contribution is 6.34. The normalized spacial score (nSPS) is 11.6. The topological polar surface area (TPSA) is 101 Å². The van der Waals surface area contributed by atoms with Crippen LogP contribution in [0.25, 0.3) is 17.0 Å². The number of halogens is 1. The second-order valence-corrected chi connectivity index (χ2v) is 10.5. The summed E-state index contributed by atoms with van der Waals surface area (Å²) in [4.78, 5) is 30.7. The van der Waals surface area contributed by atoms with Crippen LogP contribution in [0.5, 0.6) is 0 Å². The van der Waals surface area contributed by atoms with Gasteiger partial charge in [-0.1, -0.05) is 51.4 Å². The van der Waals surface area contributed by atoms with Crippen LogP contribution in [-0.2, 0) is 4.74 Å². The maximum atomic E-state index is 13.1. The van der Waals surface area contributed by atoms with Gasteiger partial charge in [-0.05, 0) is 68.0 Å². The van der Waals surface area contributed by atoms with E-state index in [4.69, 9.17) is 16.3 Å². The molecule has 0 aliphatic rings. The van der Waals surface area contributed by atoms with Crippen LogP contribution < -0.4 is 5.32 Å². The predicted octanol–water partition coefficient (Wildman–Crippen LogP) is 6.56. The zero-order valence-corrected chi connectivity index (χ0v) is 22.5. The number of aromatic amines is 1.